The van der Waals surface area contributed by atoms with E-state index in [1.165, 1.54) is 6.33 Å². The van der Waals surface area contributed by atoms with Gasteiger partial charge in [0, 0.05) is 6.61 Å². The number of benzene rings is 1. The van der Waals surface area contributed by atoms with Gasteiger partial charge in [0.2, 0.25) is 10.0 Å². The van der Waals surface area contributed by atoms with Gasteiger partial charge in [-0.2, -0.15) is 5.10 Å². The number of aliphatic hydroxyl groups is 1. The molecule has 1 aromatic carbocycles. The molecule has 0 saturated heterocycles. The van der Waals surface area contributed by atoms with Crippen LogP contribution in [0.3, 0.4) is 0 Å². The fourth-order valence-electron chi connectivity index (χ4n) is 1.68. The van der Waals surface area contributed by atoms with Crippen LogP contribution in [0.5, 0.6) is 0 Å². The number of rotatable bonds is 7. The number of H-pyrrole nitrogens is 1. The first kappa shape index (κ1) is 14.6. The third-order valence-electron chi connectivity index (χ3n) is 2.75. The van der Waals surface area contributed by atoms with Crippen molar-refractivity contribution in [3.63, 3.8) is 0 Å². The first-order valence-corrected chi connectivity index (χ1v) is 7.64. The Labute approximate surface area is 117 Å². The highest BCUT2D eigenvalue weighted by atomic mass is 32.2. The van der Waals surface area contributed by atoms with Gasteiger partial charge in [0.15, 0.2) is 0 Å². The Morgan fingerprint density at radius 1 is 1.25 bits per heavy atom. The zero-order valence-corrected chi connectivity index (χ0v) is 11.6. The molecular weight excluding hydrogens is 280 g/mol. The Bertz CT molecular complexity index is 623. The molecule has 0 unspecified atom stereocenters. The zero-order valence-electron chi connectivity index (χ0n) is 10.8. The molecule has 0 aliphatic carbocycles. The Morgan fingerprint density at radius 3 is 2.60 bits per heavy atom. The van der Waals surface area contributed by atoms with Crippen molar-refractivity contribution in [2.45, 2.75) is 24.3 Å². The number of aromatic nitrogens is 3. The number of aliphatic hydroxyl groups excluding tert-OH is 1. The molecule has 0 radical (unpaired) electrons. The minimum atomic E-state index is -3.56. The molecular formula is C12H16N4O3S. The molecule has 3 N–H and O–H groups in total. The standard InChI is InChI=1S/C12H16N4O3S/c17-7-1-2-10-3-5-11(6-4-10)20(18,19)15-8-12-13-9-14-16-12/h3-6,9,15,17H,1-2,7-8H2,(H,13,14,16). The lowest BCUT2D eigenvalue weighted by Crippen LogP contribution is -2.23. The number of hydrogen-bond acceptors (Lipinski definition) is 5. The second-order valence-corrected chi connectivity index (χ2v) is 5.99. The zero-order chi connectivity index (χ0) is 14.4. The molecule has 20 heavy (non-hydrogen) atoms. The van der Waals surface area contributed by atoms with Crippen molar-refractivity contribution in [1.82, 2.24) is 19.9 Å². The van der Waals surface area contributed by atoms with E-state index in [2.05, 4.69) is 19.9 Å². The number of nitrogens with zero attached hydrogens (tertiary/aromatic N) is 2. The Kier molecular flexibility index (Phi) is 4.83. The largest absolute Gasteiger partial charge is 0.396 e. The van der Waals surface area contributed by atoms with Crippen molar-refractivity contribution in [2.24, 2.45) is 0 Å². The molecule has 0 spiro atoms. The van der Waals surface area contributed by atoms with Gasteiger partial charge in [-0.25, -0.2) is 18.1 Å². The van der Waals surface area contributed by atoms with Gasteiger partial charge in [-0.3, -0.25) is 5.10 Å². The number of nitrogens with one attached hydrogen (secondary N) is 2. The van der Waals surface area contributed by atoms with Crippen molar-refractivity contribution in [1.29, 1.82) is 0 Å². The van der Waals surface area contributed by atoms with E-state index in [0.717, 1.165) is 12.0 Å². The number of hydrogen-bond donors (Lipinski definition) is 3. The summed E-state index contributed by atoms with van der Waals surface area (Å²) in [5.41, 5.74) is 0.994. The predicted molar refractivity (Wildman–Crippen MR) is 72.3 cm³/mol. The lowest BCUT2D eigenvalue weighted by molar-refractivity contribution is 0.288. The van der Waals surface area contributed by atoms with Gasteiger partial charge in [0.05, 0.1) is 11.4 Å². The lowest BCUT2D eigenvalue weighted by atomic mass is 10.1. The van der Waals surface area contributed by atoms with Crippen molar-refractivity contribution in [3.8, 4) is 0 Å². The summed E-state index contributed by atoms with van der Waals surface area (Å²) in [5, 5.41) is 15.0. The summed E-state index contributed by atoms with van der Waals surface area (Å²) >= 11 is 0. The normalized spacial score (nSPS) is 11.7. The smallest absolute Gasteiger partial charge is 0.240 e. The molecule has 0 saturated carbocycles. The lowest BCUT2D eigenvalue weighted by Gasteiger charge is -2.06. The third-order valence-corrected chi connectivity index (χ3v) is 4.17. The molecule has 0 aliphatic rings. The molecule has 0 aliphatic heterocycles. The first-order chi connectivity index (χ1) is 9.62. The van der Waals surface area contributed by atoms with E-state index in [-0.39, 0.29) is 18.0 Å². The number of aromatic amines is 1. The van der Waals surface area contributed by atoms with Crippen LogP contribution in [0.25, 0.3) is 0 Å². The van der Waals surface area contributed by atoms with E-state index in [1.807, 2.05) is 0 Å². The van der Waals surface area contributed by atoms with Gasteiger partial charge < -0.3 is 5.11 Å². The molecule has 0 atom stereocenters. The highest BCUT2D eigenvalue weighted by Gasteiger charge is 2.14. The molecule has 108 valence electrons. The summed E-state index contributed by atoms with van der Waals surface area (Å²) in [6, 6.07) is 6.60. The molecule has 1 aromatic heterocycles. The molecule has 2 rings (SSSR count). The van der Waals surface area contributed by atoms with Crippen molar-refractivity contribution < 1.29 is 13.5 Å². The average molecular weight is 296 g/mol. The monoisotopic (exact) mass is 296 g/mol. The summed E-state index contributed by atoms with van der Waals surface area (Å²) in [6.07, 6.45) is 2.71. The van der Waals surface area contributed by atoms with Crippen molar-refractivity contribution >= 4 is 10.0 Å². The maximum atomic E-state index is 12.0. The Balaban J connectivity index is 2.01. The molecule has 0 bridgehead atoms. The van der Waals surface area contributed by atoms with E-state index in [4.69, 9.17) is 5.11 Å². The van der Waals surface area contributed by atoms with Gasteiger partial charge in [-0.05, 0) is 30.5 Å². The molecule has 0 fully saturated rings. The van der Waals surface area contributed by atoms with Crippen LogP contribution < -0.4 is 4.72 Å². The van der Waals surface area contributed by atoms with Gasteiger partial charge in [0.1, 0.15) is 12.2 Å². The first-order valence-electron chi connectivity index (χ1n) is 6.15. The quantitative estimate of drug-likeness (QED) is 0.677. The number of aryl methyl sites for hydroxylation is 1. The SMILES string of the molecule is O=S(=O)(NCc1ncn[nH]1)c1ccc(CCCO)cc1. The van der Waals surface area contributed by atoms with Gasteiger partial charge in [-0.15, -0.1) is 0 Å². The van der Waals surface area contributed by atoms with E-state index in [0.29, 0.717) is 12.2 Å². The van der Waals surface area contributed by atoms with Crippen LogP contribution in [0, 0.1) is 0 Å². The minimum absolute atomic E-state index is 0.0641. The van der Waals surface area contributed by atoms with Crippen molar-refractivity contribution in [2.75, 3.05) is 6.61 Å². The van der Waals surface area contributed by atoms with E-state index >= 15 is 0 Å². The summed E-state index contributed by atoms with van der Waals surface area (Å²) in [4.78, 5) is 4.04. The van der Waals surface area contributed by atoms with Crippen LogP contribution in [0.4, 0.5) is 0 Å². The third kappa shape index (κ3) is 3.86. The predicted octanol–water partition coefficient (Wildman–Crippen LogP) is 0.208. The fraction of sp³-hybridized carbons (Fsp3) is 0.333. The van der Waals surface area contributed by atoms with Crippen LogP contribution in [0.1, 0.15) is 17.8 Å². The minimum Gasteiger partial charge on any atom is -0.396 e. The van der Waals surface area contributed by atoms with E-state index in [9.17, 15) is 8.42 Å². The summed E-state index contributed by atoms with van der Waals surface area (Å²) < 4.78 is 26.5. The highest BCUT2D eigenvalue weighted by Crippen LogP contribution is 2.12. The maximum Gasteiger partial charge on any atom is 0.240 e. The van der Waals surface area contributed by atoms with Crippen LogP contribution in [-0.2, 0) is 23.0 Å². The second kappa shape index (κ2) is 6.60. The molecule has 0 amide bonds. The highest BCUT2D eigenvalue weighted by molar-refractivity contribution is 7.89. The van der Waals surface area contributed by atoms with Crippen LogP contribution >= 0.6 is 0 Å². The van der Waals surface area contributed by atoms with Crippen LogP contribution in [0.2, 0.25) is 0 Å². The van der Waals surface area contributed by atoms with Gasteiger partial charge in [0.25, 0.3) is 0 Å². The molecule has 7 nitrogen and oxygen atoms in total. The Morgan fingerprint density at radius 2 is 2.00 bits per heavy atom. The Hall–Kier alpha value is -1.77. The second-order valence-electron chi connectivity index (χ2n) is 4.23. The summed E-state index contributed by atoms with van der Waals surface area (Å²) in [5.74, 6) is 0.452. The summed E-state index contributed by atoms with van der Waals surface area (Å²) in [6.45, 7) is 0.188. The topological polar surface area (TPSA) is 108 Å². The van der Waals surface area contributed by atoms with E-state index < -0.39 is 10.0 Å². The van der Waals surface area contributed by atoms with Crippen LogP contribution in [-0.4, -0.2) is 35.3 Å². The fourth-order valence-corrected chi connectivity index (χ4v) is 2.67. The summed E-state index contributed by atoms with van der Waals surface area (Å²) in [7, 11) is -3.56. The van der Waals surface area contributed by atoms with Gasteiger partial charge in [-0.1, -0.05) is 12.1 Å². The van der Waals surface area contributed by atoms with E-state index in [1.54, 1.807) is 24.3 Å². The van der Waals surface area contributed by atoms with Gasteiger partial charge >= 0.3 is 0 Å². The molecule has 2 aromatic rings. The average Bonchev–Trinajstić information content (AvgIpc) is 2.97. The van der Waals surface area contributed by atoms with Crippen molar-refractivity contribution in [3.05, 3.63) is 42.0 Å². The number of sulfonamides is 1. The molecule has 8 heteroatoms. The van der Waals surface area contributed by atoms with Crippen LogP contribution in [0.15, 0.2) is 35.5 Å². The molecule has 1 heterocycles. The maximum absolute atomic E-state index is 12.0.